The van der Waals surface area contributed by atoms with Crippen molar-refractivity contribution in [3.8, 4) is 0 Å². The lowest BCUT2D eigenvalue weighted by Gasteiger charge is -2.65. The SMILES string of the molecule is CC(=O)O[C@@H]1[C@@H](O)[C@@H]2C3=CC[C@@H](c4ccoc4)[C@@]3(C)CC[C@@H]2[C@]2(C)CCC(=O)C(C)(C)[C@@H]12. The summed E-state index contributed by atoms with van der Waals surface area (Å²) in [6.45, 7) is 9.99. The van der Waals surface area contributed by atoms with Crippen LogP contribution in [0.15, 0.2) is 34.7 Å². The molecule has 3 fully saturated rings. The van der Waals surface area contributed by atoms with Crippen LogP contribution in [-0.2, 0) is 14.3 Å². The van der Waals surface area contributed by atoms with Gasteiger partial charge in [0.1, 0.15) is 11.9 Å². The van der Waals surface area contributed by atoms with Gasteiger partial charge < -0.3 is 14.3 Å². The van der Waals surface area contributed by atoms with Crippen molar-refractivity contribution in [2.75, 3.05) is 0 Å². The van der Waals surface area contributed by atoms with Crippen molar-refractivity contribution in [1.29, 1.82) is 0 Å². The molecule has 5 heteroatoms. The molecule has 1 heterocycles. The molecule has 0 bridgehead atoms. The van der Waals surface area contributed by atoms with E-state index in [1.165, 1.54) is 18.1 Å². The molecule has 5 nitrogen and oxygen atoms in total. The molecular formula is C27H36O5. The van der Waals surface area contributed by atoms with E-state index < -0.39 is 17.6 Å². The molecule has 1 aromatic rings. The van der Waals surface area contributed by atoms with Crippen LogP contribution in [0, 0.1) is 34.0 Å². The van der Waals surface area contributed by atoms with Crippen LogP contribution < -0.4 is 0 Å². The van der Waals surface area contributed by atoms with E-state index in [-0.39, 0.29) is 40.3 Å². The Balaban J connectivity index is 1.59. The number of carbonyl (C=O) groups is 2. The Bertz CT molecular complexity index is 959. The summed E-state index contributed by atoms with van der Waals surface area (Å²) in [6.07, 6.45) is 8.79. The second kappa shape index (κ2) is 7.06. The van der Waals surface area contributed by atoms with Crippen molar-refractivity contribution in [3.05, 3.63) is 35.8 Å². The van der Waals surface area contributed by atoms with E-state index in [1.807, 2.05) is 20.1 Å². The van der Waals surface area contributed by atoms with Crippen LogP contribution in [0.4, 0.5) is 0 Å². The van der Waals surface area contributed by atoms with E-state index in [9.17, 15) is 14.7 Å². The minimum Gasteiger partial charge on any atom is -0.472 e. The van der Waals surface area contributed by atoms with Crippen LogP contribution in [0.3, 0.4) is 0 Å². The first-order valence-electron chi connectivity index (χ1n) is 12.1. The maximum absolute atomic E-state index is 13.0. The largest absolute Gasteiger partial charge is 0.472 e. The fourth-order valence-electron chi connectivity index (χ4n) is 8.56. The number of hydrogen-bond donors (Lipinski definition) is 1. The quantitative estimate of drug-likeness (QED) is 0.515. The molecule has 8 atom stereocenters. The molecule has 0 amide bonds. The second-order valence-corrected chi connectivity index (χ2v) is 11.8. The molecular weight excluding hydrogens is 404 g/mol. The minimum absolute atomic E-state index is 0.0456. The standard InChI is InChI=1S/C27H36O5/c1-15(28)32-23-22(30)21-18-7-6-17(16-10-13-31-14-16)26(18,4)11-8-19(21)27(5)12-9-20(29)25(2,3)24(23)27/h7,10,13-14,17,19,21-24,30H,6,8-9,11-12H2,1-5H3/t17-,19-,21+,22-,23+,24+,26+,27-/m0/s1. The van der Waals surface area contributed by atoms with Crippen LogP contribution in [0.25, 0.3) is 0 Å². The molecule has 1 N–H and O–H groups in total. The highest BCUT2D eigenvalue weighted by atomic mass is 16.6. The van der Waals surface area contributed by atoms with Gasteiger partial charge in [-0.3, -0.25) is 9.59 Å². The zero-order valence-electron chi connectivity index (χ0n) is 19.9. The van der Waals surface area contributed by atoms with E-state index in [2.05, 4.69) is 26.0 Å². The number of ether oxygens (including phenoxy) is 1. The Labute approximate surface area is 190 Å². The number of rotatable bonds is 2. The molecule has 174 valence electrons. The minimum atomic E-state index is -0.805. The first-order chi connectivity index (χ1) is 15.0. The molecule has 32 heavy (non-hydrogen) atoms. The third-order valence-electron chi connectivity index (χ3n) is 9.99. The van der Waals surface area contributed by atoms with Gasteiger partial charge in [0, 0.05) is 30.6 Å². The van der Waals surface area contributed by atoms with Crippen LogP contribution in [0.5, 0.6) is 0 Å². The van der Waals surface area contributed by atoms with Crippen LogP contribution in [0.1, 0.15) is 78.2 Å². The summed E-state index contributed by atoms with van der Waals surface area (Å²) in [5, 5.41) is 11.8. The highest BCUT2D eigenvalue weighted by Gasteiger charge is 2.67. The van der Waals surface area contributed by atoms with Gasteiger partial charge in [0.2, 0.25) is 0 Å². The fraction of sp³-hybridized carbons (Fsp3) is 0.704. The summed E-state index contributed by atoms with van der Waals surface area (Å²) < 4.78 is 11.3. The smallest absolute Gasteiger partial charge is 0.303 e. The maximum Gasteiger partial charge on any atom is 0.303 e. The number of furan rings is 1. The second-order valence-electron chi connectivity index (χ2n) is 11.8. The van der Waals surface area contributed by atoms with E-state index in [4.69, 9.17) is 9.15 Å². The van der Waals surface area contributed by atoms with E-state index in [1.54, 1.807) is 6.26 Å². The summed E-state index contributed by atoms with van der Waals surface area (Å²) >= 11 is 0. The number of esters is 1. The van der Waals surface area contributed by atoms with Crippen molar-refractivity contribution >= 4 is 11.8 Å². The Kier molecular flexibility index (Phi) is 4.84. The van der Waals surface area contributed by atoms with Gasteiger partial charge in [0.25, 0.3) is 0 Å². The molecule has 5 rings (SSSR count). The van der Waals surface area contributed by atoms with Crippen molar-refractivity contribution in [1.82, 2.24) is 0 Å². The third kappa shape index (κ3) is 2.79. The summed E-state index contributed by atoms with van der Waals surface area (Å²) in [6, 6.07) is 2.06. The summed E-state index contributed by atoms with van der Waals surface area (Å²) in [7, 11) is 0. The first-order valence-corrected chi connectivity index (χ1v) is 12.1. The van der Waals surface area contributed by atoms with Gasteiger partial charge in [-0.05, 0) is 60.0 Å². The molecule has 0 aliphatic heterocycles. The van der Waals surface area contributed by atoms with Gasteiger partial charge in [-0.1, -0.05) is 39.3 Å². The number of aliphatic hydroxyl groups excluding tert-OH is 1. The number of carbonyl (C=O) groups excluding carboxylic acids is 2. The van der Waals surface area contributed by atoms with Crippen LogP contribution in [-0.4, -0.2) is 29.1 Å². The summed E-state index contributed by atoms with van der Waals surface area (Å²) in [5.74, 6) is 0.186. The normalized spacial score (nSPS) is 44.8. The number of allylic oxidation sites excluding steroid dienone is 1. The monoisotopic (exact) mass is 440 g/mol. The Morgan fingerprint density at radius 3 is 2.62 bits per heavy atom. The maximum atomic E-state index is 13.0. The van der Waals surface area contributed by atoms with Gasteiger partial charge in [-0.15, -0.1) is 0 Å². The van der Waals surface area contributed by atoms with Gasteiger partial charge in [-0.25, -0.2) is 0 Å². The predicted octanol–water partition coefficient (Wildman–Crippen LogP) is 5.04. The average Bonchev–Trinajstić information content (AvgIpc) is 3.35. The van der Waals surface area contributed by atoms with E-state index in [0.717, 1.165) is 25.7 Å². The molecule has 0 radical (unpaired) electrons. The molecule has 0 saturated heterocycles. The summed E-state index contributed by atoms with van der Waals surface area (Å²) in [5.41, 5.74) is 1.68. The van der Waals surface area contributed by atoms with Gasteiger partial charge in [0.05, 0.1) is 18.6 Å². The average molecular weight is 441 g/mol. The van der Waals surface area contributed by atoms with Crippen molar-refractivity contribution in [2.24, 2.45) is 34.0 Å². The zero-order valence-corrected chi connectivity index (χ0v) is 19.9. The molecule has 4 aliphatic rings. The predicted molar refractivity (Wildman–Crippen MR) is 120 cm³/mol. The lowest BCUT2D eigenvalue weighted by Crippen LogP contribution is -2.67. The van der Waals surface area contributed by atoms with Crippen molar-refractivity contribution in [2.45, 2.75) is 84.8 Å². The number of fused-ring (bicyclic) bond motifs is 5. The highest BCUT2D eigenvalue weighted by molar-refractivity contribution is 5.85. The van der Waals surface area contributed by atoms with Gasteiger partial charge >= 0.3 is 5.97 Å². The molecule has 0 unspecified atom stereocenters. The van der Waals surface area contributed by atoms with Gasteiger partial charge in [0.15, 0.2) is 0 Å². The number of hydrogen-bond acceptors (Lipinski definition) is 5. The fourth-order valence-corrected chi connectivity index (χ4v) is 8.56. The highest BCUT2D eigenvalue weighted by Crippen LogP contribution is 2.69. The van der Waals surface area contributed by atoms with E-state index >= 15 is 0 Å². The Hall–Kier alpha value is -1.88. The van der Waals surface area contributed by atoms with Crippen molar-refractivity contribution in [3.63, 3.8) is 0 Å². The number of aliphatic hydroxyl groups is 1. The topological polar surface area (TPSA) is 76.7 Å². The molecule has 4 aliphatic carbocycles. The van der Waals surface area contributed by atoms with Gasteiger partial charge in [-0.2, -0.15) is 0 Å². The Morgan fingerprint density at radius 1 is 1.22 bits per heavy atom. The van der Waals surface area contributed by atoms with Crippen molar-refractivity contribution < 1.29 is 23.8 Å². The summed E-state index contributed by atoms with van der Waals surface area (Å²) in [4.78, 5) is 25.1. The van der Waals surface area contributed by atoms with Crippen LogP contribution >= 0.6 is 0 Å². The zero-order chi connectivity index (χ0) is 23.1. The first kappa shape index (κ1) is 21.9. The molecule has 1 aromatic heterocycles. The molecule has 0 spiro atoms. The lowest BCUT2D eigenvalue weighted by atomic mass is 9.40. The van der Waals surface area contributed by atoms with Crippen LogP contribution in [0.2, 0.25) is 0 Å². The lowest BCUT2D eigenvalue weighted by molar-refractivity contribution is -0.223. The molecule has 0 aromatic carbocycles. The number of ketones is 1. The Morgan fingerprint density at radius 2 is 1.97 bits per heavy atom. The van der Waals surface area contributed by atoms with E-state index in [0.29, 0.717) is 12.3 Å². The molecule has 3 saturated carbocycles. The third-order valence-corrected chi connectivity index (χ3v) is 9.99. The number of Topliss-reactive ketones (excluding diaryl/α,β-unsaturated/α-hetero) is 1.